The van der Waals surface area contributed by atoms with Gasteiger partial charge in [0.05, 0.1) is 5.69 Å². The Morgan fingerprint density at radius 2 is 2.12 bits per heavy atom. The lowest BCUT2D eigenvalue weighted by molar-refractivity contribution is 0.0661. The molecule has 3 heterocycles. The molecule has 1 aliphatic heterocycles. The van der Waals surface area contributed by atoms with E-state index in [1.165, 1.54) is 0 Å². The van der Waals surface area contributed by atoms with Crippen molar-refractivity contribution in [1.29, 1.82) is 0 Å². The van der Waals surface area contributed by atoms with Crippen molar-refractivity contribution >= 4 is 5.91 Å². The first kappa shape index (κ1) is 16.7. The number of piperidine rings is 1. The smallest absolute Gasteiger partial charge is 0.292 e. The van der Waals surface area contributed by atoms with E-state index in [2.05, 4.69) is 29.1 Å². The lowest BCUT2D eigenvalue weighted by Crippen LogP contribution is -2.39. The van der Waals surface area contributed by atoms with E-state index >= 15 is 0 Å². The molecule has 1 unspecified atom stereocenters. The normalized spacial score (nSPS) is 18.3. The third kappa shape index (κ3) is 3.34. The van der Waals surface area contributed by atoms with Gasteiger partial charge >= 0.3 is 0 Å². The lowest BCUT2D eigenvalue weighted by atomic mass is 9.97. The molecule has 0 N–H and O–H groups in total. The van der Waals surface area contributed by atoms with Crippen molar-refractivity contribution in [3.05, 3.63) is 29.2 Å². The van der Waals surface area contributed by atoms with Crippen molar-refractivity contribution in [2.24, 2.45) is 0 Å². The van der Waals surface area contributed by atoms with E-state index in [-0.39, 0.29) is 11.8 Å². The van der Waals surface area contributed by atoms with Crippen molar-refractivity contribution in [3.8, 4) is 0 Å². The van der Waals surface area contributed by atoms with Gasteiger partial charge in [-0.1, -0.05) is 24.2 Å². The van der Waals surface area contributed by atoms with Crippen LogP contribution in [0.3, 0.4) is 0 Å². The summed E-state index contributed by atoms with van der Waals surface area (Å²) < 4.78 is 10.4. The fourth-order valence-electron chi connectivity index (χ4n) is 3.30. The molecule has 1 amide bonds. The topological polar surface area (TPSA) is 85.3 Å². The number of likely N-dealkylation sites (tertiary alicyclic amines) is 1. The SMILES string of the molecule is CCC(CC)c1cc(C(=O)N2CCCC(c3noc(C)n3)C2)on1. The third-order valence-corrected chi connectivity index (χ3v) is 4.76. The summed E-state index contributed by atoms with van der Waals surface area (Å²) in [5.74, 6) is 1.90. The van der Waals surface area contributed by atoms with Crippen molar-refractivity contribution in [2.75, 3.05) is 13.1 Å². The highest BCUT2D eigenvalue weighted by molar-refractivity contribution is 5.91. The quantitative estimate of drug-likeness (QED) is 0.835. The van der Waals surface area contributed by atoms with E-state index in [1.807, 2.05) is 0 Å². The molecule has 0 spiro atoms. The Labute approximate surface area is 141 Å². The Balaban J connectivity index is 1.70. The molecule has 7 nitrogen and oxygen atoms in total. The average Bonchev–Trinajstić information content (AvgIpc) is 3.25. The summed E-state index contributed by atoms with van der Waals surface area (Å²) >= 11 is 0. The summed E-state index contributed by atoms with van der Waals surface area (Å²) in [6, 6.07) is 1.79. The van der Waals surface area contributed by atoms with Crippen LogP contribution in [-0.4, -0.2) is 39.2 Å². The van der Waals surface area contributed by atoms with Crippen molar-refractivity contribution in [3.63, 3.8) is 0 Å². The van der Waals surface area contributed by atoms with Gasteiger partial charge < -0.3 is 13.9 Å². The van der Waals surface area contributed by atoms with Gasteiger partial charge in [-0.25, -0.2) is 0 Å². The van der Waals surface area contributed by atoms with Gasteiger partial charge in [-0.15, -0.1) is 0 Å². The summed E-state index contributed by atoms with van der Waals surface area (Å²) in [5.41, 5.74) is 0.866. The maximum Gasteiger partial charge on any atom is 0.292 e. The molecule has 1 aliphatic rings. The van der Waals surface area contributed by atoms with Gasteiger partial charge in [0, 0.05) is 37.9 Å². The molecule has 24 heavy (non-hydrogen) atoms. The third-order valence-electron chi connectivity index (χ3n) is 4.76. The monoisotopic (exact) mass is 332 g/mol. The zero-order valence-corrected chi connectivity index (χ0v) is 14.5. The van der Waals surface area contributed by atoms with E-state index in [0.29, 0.717) is 36.5 Å². The molecule has 0 bridgehead atoms. The summed E-state index contributed by atoms with van der Waals surface area (Å²) in [5, 5.41) is 8.09. The van der Waals surface area contributed by atoms with Crippen LogP contribution in [0.1, 0.15) is 79.3 Å². The lowest BCUT2D eigenvalue weighted by Gasteiger charge is -2.30. The Morgan fingerprint density at radius 1 is 1.33 bits per heavy atom. The second-order valence-corrected chi connectivity index (χ2v) is 6.39. The van der Waals surface area contributed by atoms with E-state index in [1.54, 1.807) is 17.9 Å². The Hall–Kier alpha value is -2.18. The van der Waals surface area contributed by atoms with Gasteiger partial charge in [0.2, 0.25) is 11.7 Å². The Bertz CT molecular complexity index is 690. The number of aryl methyl sites for hydroxylation is 1. The number of hydrogen-bond acceptors (Lipinski definition) is 6. The molecule has 2 aromatic rings. The largest absolute Gasteiger partial charge is 0.351 e. The predicted octanol–water partition coefficient (Wildman–Crippen LogP) is 3.29. The highest BCUT2D eigenvalue weighted by Crippen LogP contribution is 2.27. The summed E-state index contributed by atoms with van der Waals surface area (Å²) in [6.07, 6.45) is 3.84. The number of aromatic nitrogens is 3. The number of hydrogen-bond donors (Lipinski definition) is 0. The van der Waals surface area contributed by atoms with Crippen LogP contribution in [0, 0.1) is 6.92 Å². The predicted molar refractivity (Wildman–Crippen MR) is 86.7 cm³/mol. The van der Waals surface area contributed by atoms with Crippen LogP contribution in [0.5, 0.6) is 0 Å². The second-order valence-electron chi connectivity index (χ2n) is 6.39. The van der Waals surface area contributed by atoms with Crippen molar-refractivity contribution in [1.82, 2.24) is 20.2 Å². The van der Waals surface area contributed by atoms with Crippen LogP contribution >= 0.6 is 0 Å². The van der Waals surface area contributed by atoms with E-state index < -0.39 is 0 Å². The summed E-state index contributed by atoms with van der Waals surface area (Å²) in [4.78, 5) is 18.8. The molecule has 0 radical (unpaired) electrons. The van der Waals surface area contributed by atoms with Gasteiger partial charge in [-0.2, -0.15) is 4.98 Å². The van der Waals surface area contributed by atoms with Gasteiger partial charge in [-0.3, -0.25) is 4.79 Å². The zero-order chi connectivity index (χ0) is 17.1. The van der Waals surface area contributed by atoms with Gasteiger partial charge in [0.25, 0.3) is 5.91 Å². The number of carbonyl (C=O) groups is 1. The first-order valence-electron chi connectivity index (χ1n) is 8.68. The Kier molecular flexibility index (Phi) is 4.97. The van der Waals surface area contributed by atoms with Gasteiger partial charge in [0.1, 0.15) is 0 Å². The van der Waals surface area contributed by atoms with E-state index in [9.17, 15) is 4.79 Å². The minimum atomic E-state index is -0.107. The van der Waals surface area contributed by atoms with E-state index in [4.69, 9.17) is 9.05 Å². The summed E-state index contributed by atoms with van der Waals surface area (Å²) in [6.45, 7) is 7.31. The number of carbonyl (C=O) groups excluding carboxylic acids is 1. The van der Waals surface area contributed by atoms with Crippen LogP contribution in [-0.2, 0) is 0 Å². The molecule has 2 aromatic heterocycles. The maximum absolute atomic E-state index is 12.7. The van der Waals surface area contributed by atoms with Crippen LogP contribution in [0.4, 0.5) is 0 Å². The van der Waals surface area contributed by atoms with Crippen molar-refractivity contribution < 1.29 is 13.8 Å². The van der Waals surface area contributed by atoms with Crippen LogP contribution in [0.25, 0.3) is 0 Å². The minimum absolute atomic E-state index is 0.107. The molecular formula is C17H24N4O3. The fraction of sp³-hybridized carbons (Fsp3) is 0.647. The number of rotatable bonds is 5. The van der Waals surface area contributed by atoms with Crippen molar-refractivity contribution in [2.45, 2.75) is 58.3 Å². The minimum Gasteiger partial charge on any atom is -0.351 e. The summed E-state index contributed by atoms with van der Waals surface area (Å²) in [7, 11) is 0. The standard InChI is InChI=1S/C17H24N4O3/c1-4-12(5-2)14-9-15(24-19-14)17(22)21-8-6-7-13(10-21)16-18-11(3)23-20-16/h9,12-13H,4-8,10H2,1-3H3. The first-order valence-corrected chi connectivity index (χ1v) is 8.68. The zero-order valence-electron chi connectivity index (χ0n) is 14.5. The molecule has 7 heteroatoms. The molecular weight excluding hydrogens is 308 g/mol. The second kappa shape index (κ2) is 7.15. The molecule has 3 rings (SSSR count). The van der Waals surface area contributed by atoms with Gasteiger partial charge in [-0.05, 0) is 25.7 Å². The Morgan fingerprint density at radius 3 is 2.79 bits per heavy atom. The van der Waals surface area contributed by atoms with Gasteiger partial charge in [0.15, 0.2) is 5.82 Å². The first-order chi connectivity index (χ1) is 11.6. The highest BCUT2D eigenvalue weighted by atomic mass is 16.5. The molecule has 1 atom stereocenters. The van der Waals surface area contributed by atoms with Crippen LogP contribution < -0.4 is 0 Å². The number of amides is 1. The molecule has 130 valence electrons. The molecule has 1 saturated heterocycles. The molecule has 0 aliphatic carbocycles. The highest BCUT2D eigenvalue weighted by Gasteiger charge is 2.30. The van der Waals surface area contributed by atoms with E-state index in [0.717, 1.165) is 31.4 Å². The van der Waals surface area contributed by atoms with Crippen LogP contribution in [0.2, 0.25) is 0 Å². The number of nitrogens with zero attached hydrogens (tertiary/aromatic N) is 4. The maximum atomic E-state index is 12.7. The molecule has 0 aromatic carbocycles. The fourth-order valence-corrected chi connectivity index (χ4v) is 3.30. The molecule has 0 saturated carbocycles. The average molecular weight is 332 g/mol. The molecule has 1 fully saturated rings. The van der Waals surface area contributed by atoms with Crippen LogP contribution in [0.15, 0.2) is 15.1 Å².